The Labute approximate surface area is 134 Å². The van der Waals surface area contributed by atoms with Gasteiger partial charge in [-0.25, -0.2) is 0 Å². The molecule has 0 unspecified atom stereocenters. The minimum atomic E-state index is -0.542. The number of amides is 1. The molecule has 23 heavy (non-hydrogen) atoms. The molecule has 1 N–H and O–H groups in total. The van der Waals surface area contributed by atoms with E-state index in [0.717, 1.165) is 0 Å². The molecule has 0 saturated heterocycles. The molecule has 1 aromatic carbocycles. The Bertz CT molecular complexity index is 660. The molecule has 0 aliphatic heterocycles. The molecule has 0 spiro atoms. The number of nitrogens with one attached hydrogen (secondary N) is 1. The van der Waals surface area contributed by atoms with Crippen molar-refractivity contribution in [2.75, 3.05) is 20.3 Å². The fraction of sp³-hybridized carbons (Fsp3) is 0.375. The summed E-state index contributed by atoms with van der Waals surface area (Å²) in [5.41, 5.74) is 0.897. The van der Waals surface area contributed by atoms with Crippen molar-refractivity contribution in [2.45, 2.75) is 19.8 Å². The van der Waals surface area contributed by atoms with E-state index in [1.165, 1.54) is 19.3 Å². The summed E-state index contributed by atoms with van der Waals surface area (Å²) in [5.74, 6) is -0.540. The first kappa shape index (κ1) is 18.3. The van der Waals surface area contributed by atoms with Gasteiger partial charge < -0.3 is 10.1 Å². The molecule has 0 radical (unpaired) electrons. The zero-order chi connectivity index (χ0) is 17.4. The average Bonchev–Trinajstić information content (AvgIpc) is 2.52. The molecule has 1 rings (SSSR count). The van der Waals surface area contributed by atoms with Crippen molar-refractivity contribution in [3.63, 3.8) is 0 Å². The average molecular weight is 317 g/mol. The highest BCUT2D eigenvalue weighted by atomic mass is 16.6. The van der Waals surface area contributed by atoms with Crippen molar-refractivity contribution >= 4 is 17.7 Å². The lowest BCUT2D eigenvalue weighted by Gasteiger charge is -2.07. The van der Waals surface area contributed by atoms with Crippen molar-refractivity contribution in [1.82, 2.24) is 5.32 Å². The van der Waals surface area contributed by atoms with Gasteiger partial charge in [-0.2, -0.15) is 5.26 Å². The predicted molar refractivity (Wildman–Crippen MR) is 85.7 cm³/mol. The molecule has 7 heteroatoms. The van der Waals surface area contributed by atoms with E-state index in [2.05, 4.69) is 5.32 Å². The van der Waals surface area contributed by atoms with E-state index < -0.39 is 10.8 Å². The fourth-order valence-corrected chi connectivity index (χ4v) is 1.97. The predicted octanol–water partition coefficient (Wildman–Crippen LogP) is 2.39. The van der Waals surface area contributed by atoms with Crippen LogP contribution in [0.3, 0.4) is 0 Å². The summed E-state index contributed by atoms with van der Waals surface area (Å²) in [4.78, 5) is 22.6. The molecular weight excluding hydrogens is 298 g/mol. The molecule has 0 atom stereocenters. The maximum absolute atomic E-state index is 11.9. The van der Waals surface area contributed by atoms with Gasteiger partial charge in [0, 0.05) is 25.3 Å². The lowest BCUT2D eigenvalue weighted by atomic mass is 9.98. The molecule has 1 aromatic rings. The Hall–Kier alpha value is -2.72. The summed E-state index contributed by atoms with van der Waals surface area (Å²) in [6, 6.07) is 6.47. The Morgan fingerprint density at radius 2 is 2.22 bits per heavy atom. The quantitative estimate of drug-likeness (QED) is 0.273. The van der Waals surface area contributed by atoms with Crippen molar-refractivity contribution in [1.29, 1.82) is 5.26 Å². The highest BCUT2D eigenvalue weighted by Crippen LogP contribution is 2.28. The zero-order valence-corrected chi connectivity index (χ0v) is 13.3. The molecule has 0 bridgehead atoms. The van der Waals surface area contributed by atoms with Crippen LogP contribution in [0.4, 0.5) is 5.69 Å². The maximum Gasteiger partial charge on any atom is 0.273 e. The third kappa shape index (κ3) is 5.20. The van der Waals surface area contributed by atoms with Gasteiger partial charge in [0.15, 0.2) is 0 Å². The second-order valence-corrected chi connectivity index (χ2v) is 5.15. The summed E-state index contributed by atoms with van der Waals surface area (Å²) in [6.45, 7) is 4.34. The highest BCUT2D eigenvalue weighted by Gasteiger charge is 2.17. The number of hydrogen-bond acceptors (Lipinski definition) is 5. The number of ether oxygens (including phenoxy) is 1. The van der Waals surface area contributed by atoms with E-state index in [9.17, 15) is 14.9 Å². The SMILES string of the molecule is COCCNC(=O)/C(C#N)=C/c1ccc(C(C)C)c([N+](=O)[O-])c1. The zero-order valence-electron chi connectivity index (χ0n) is 13.3. The summed E-state index contributed by atoms with van der Waals surface area (Å²) in [6.07, 6.45) is 1.33. The number of carbonyl (C=O) groups excluding carboxylic acids is 1. The lowest BCUT2D eigenvalue weighted by Crippen LogP contribution is -2.27. The monoisotopic (exact) mass is 317 g/mol. The van der Waals surface area contributed by atoms with Crippen LogP contribution in [0.1, 0.15) is 30.9 Å². The summed E-state index contributed by atoms with van der Waals surface area (Å²) >= 11 is 0. The van der Waals surface area contributed by atoms with Crippen molar-refractivity contribution in [3.8, 4) is 6.07 Å². The lowest BCUT2D eigenvalue weighted by molar-refractivity contribution is -0.385. The van der Waals surface area contributed by atoms with E-state index in [0.29, 0.717) is 17.7 Å². The van der Waals surface area contributed by atoms with Gasteiger partial charge in [-0.3, -0.25) is 14.9 Å². The second-order valence-electron chi connectivity index (χ2n) is 5.15. The number of benzene rings is 1. The van der Waals surface area contributed by atoms with Crippen LogP contribution in [0, 0.1) is 21.4 Å². The van der Waals surface area contributed by atoms with E-state index >= 15 is 0 Å². The molecule has 122 valence electrons. The van der Waals surface area contributed by atoms with Gasteiger partial charge in [-0.1, -0.05) is 26.0 Å². The van der Waals surface area contributed by atoms with Crippen LogP contribution in [-0.2, 0) is 9.53 Å². The van der Waals surface area contributed by atoms with Gasteiger partial charge in [0.05, 0.1) is 11.5 Å². The Morgan fingerprint density at radius 3 is 2.74 bits per heavy atom. The number of rotatable bonds is 7. The molecule has 0 fully saturated rings. The topological polar surface area (TPSA) is 105 Å². The van der Waals surface area contributed by atoms with Crippen LogP contribution < -0.4 is 5.32 Å². The third-order valence-corrected chi connectivity index (χ3v) is 3.14. The van der Waals surface area contributed by atoms with Crippen LogP contribution in [0.2, 0.25) is 0 Å². The van der Waals surface area contributed by atoms with E-state index in [4.69, 9.17) is 10.00 Å². The highest BCUT2D eigenvalue weighted by molar-refractivity contribution is 6.01. The summed E-state index contributed by atoms with van der Waals surface area (Å²) < 4.78 is 4.81. The van der Waals surface area contributed by atoms with Gasteiger partial charge in [-0.15, -0.1) is 0 Å². The molecule has 1 amide bonds. The summed E-state index contributed by atoms with van der Waals surface area (Å²) in [5, 5.41) is 22.8. The molecule has 7 nitrogen and oxygen atoms in total. The molecule has 0 heterocycles. The summed E-state index contributed by atoms with van der Waals surface area (Å²) in [7, 11) is 1.50. The molecule has 0 aromatic heterocycles. The number of methoxy groups -OCH3 is 1. The van der Waals surface area contributed by atoms with Crippen LogP contribution in [0.5, 0.6) is 0 Å². The smallest absolute Gasteiger partial charge is 0.273 e. The standard InChI is InChI=1S/C16H19N3O4/c1-11(2)14-5-4-12(9-15(14)19(21)22)8-13(10-17)16(20)18-6-7-23-3/h4-5,8-9,11H,6-7H2,1-3H3,(H,18,20)/b13-8+. The van der Waals surface area contributed by atoms with Crippen LogP contribution in [0.15, 0.2) is 23.8 Å². The Morgan fingerprint density at radius 1 is 1.52 bits per heavy atom. The first-order valence-corrected chi connectivity index (χ1v) is 7.08. The number of carbonyl (C=O) groups is 1. The first-order valence-electron chi connectivity index (χ1n) is 7.08. The minimum absolute atomic E-state index is 0.00112. The Balaban J connectivity index is 3.09. The van der Waals surface area contributed by atoms with E-state index in [1.807, 2.05) is 13.8 Å². The van der Waals surface area contributed by atoms with Crippen molar-refractivity contribution in [3.05, 3.63) is 45.0 Å². The van der Waals surface area contributed by atoms with Gasteiger partial charge in [0.25, 0.3) is 11.6 Å². The number of nitrogens with zero attached hydrogens (tertiary/aromatic N) is 2. The minimum Gasteiger partial charge on any atom is -0.383 e. The largest absolute Gasteiger partial charge is 0.383 e. The molecule has 0 aliphatic carbocycles. The van der Waals surface area contributed by atoms with E-state index in [1.54, 1.807) is 18.2 Å². The number of nitro groups is 1. The van der Waals surface area contributed by atoms with Crippen LogP contribution in [-0.4, -0.2) is 31.1 Å². The van der Waals surface area contributed by atoms with Gasteiger partial charge in [0.1, 0.15) is 11.6 Å². The number of nitriles is 1. The van der Waals surface area contributed by atoms with Crippen molar-refractivity contribution in [2.24, 2.45) is 0 Å². The molecular formula is C16H19N3O4. The van der Waals surface area contributed by atoms with Gasteiger partial charge in [-0.05, 0) is 17.6 Å². The molecule has 0 saturated carbocycles. The molecule has 0 aliphatic rings. The van der Waals surface area contributed by atoms with Gasteiger partial charge in [0.2, 0.25) is 0 Å². The van der Waals surface area contributed by atoms with Gasteiger partial charge >= 0.3 is 0 Å². The number of hydrogen-bond donors (Lipinski definition) is 1. The normalized spacial score (nSPS) is 11.2. The second kappa shape index (κ2) is 8.66. The fourth-order valence-electron chi connectivity index (χ4n) is 1.97. The van der Waals surface area contributed by atoms with Crippen LogP contribution in [0.25, 0.3) is 6.08 Å². The maximum atomic E-state index is 11.9. The third-order valence-electron chi connectivity index (χ3n) is 3.14. The number of nitro benzene ring substituents is 1. The van der Waals surface area contributed by atoms with Crippen molar-refractivity contribution < 1.29 is 14.5 Å². The van der Waals surface area contributed by atoms with Crippen LogP contribution >= 0.6 is 0 Å². The first-order chi connectivity index (χ1) is 10.9. The van der Waals surface area contributed by atoms with E-state index in [-0.39, 0.29) is 23.7 Å². The Kier molecular flexibility index (Phi) is 6.90.